The number of benzene rings is 2. The van der Waals surface area contributed by atoms with Gasteiger partial charge in [0.25, 0.3) is 0 Å². The fourth-order valence-corrected chi connectivity index (χ4v) is 3.81. The summed E-state index contributed by atoms with van der Waals surface area (Å²) in [6, 6.07) is 12.4. The predicted octanol–water partition coefficient (Wildman–Crippen LogP) is 3.47. The van der Waals surface area contributed by atoms with Gasteiger partial charge in [0.05, 0.1) is 16.8 Å². The molecule has 0 radical (unpaired) electrons. The van der Waals surface area contributed by atoms with Crippen molar-refractivity contribution in [3.05, 3.63) is 81.9 Å². The van der Waals surface area contributed by atoms with E-state index < -0.39 is 11.2 Å². The Morgan fingerprint density at radius 2 is 1.90 bits per heavy atom. The van der Waals surface area contributed by atoms with Crippen molar-refractivity contribution in [2.75, 3.05) is 31.1 Å². The molecule has 3 aromatic rings. The normalized spacial score (nSPS) is 14.5. The van der Waals surface area contributed by atoms with Crippen molar-refractivity contribution in [2.24, 2.45) is 0 Å². The minimum Gasteiger partial charge on any atom is -0.367 e. The van der Waals surface area contributed by atoms with Crippen molar-refractivity contribution < 1.29 is 9.18 Å². The van der Waals surface area contributed by atoms with Gasteiger partial charge in [-0.1, -0.05) is 36.4 Å². The van der Waals surface area contributed by atoms with Crippen LogP contribution in [0.25, 0.3) is 17.0 Å². The van der Waals surface area contributed by atoms with Gasteiger partial charge in [0, 0.05) is 44.3 Å². The van der Waals surface area contributed by atoms with Crippen LogP contribution < -0.4 is 15.6 Å². The molecule has 0 bridgehead atoms. The van der Waals surface area contributed by atoms with Crippen LogP contribution in [0.15, 0.2) is 59.5 Å². The average Bonchev–Trinajstić information content (AvgIpc) is 2.79. The van der Waals surface area contributed by atoms with Crippen LogP contribution in [0.1, 0.15) is 22.8 Å². The van der Waals surface area contributed by atoms with Crippen molar-refractivity contribution in [1.29, 1.82) is 0 Å². The van der Waals surface area contributed by atoms with Gasteiger partial charge in [0.15, 0.2) is 5.78 Å². The minimum absolute atomic E-state index is 0.0471. The van der Waals surface area contributed by atoms with E-state index in [0.29, 0.717) is 30.8 Å². The van der Waals surface area contributed by atoms with Crippen LogP contribution in [-0.4, -0.2) is 36.5 Å². The molecule has 0 saturated carbocycles. The first-order valence-electron chi connectivity index (χ1n) is 10.2. The lowest BCUT2D eigenvalue weighted by Gasteiger charge is -2.30. The largest absolute Gasteiger partial charge is 0.367 e. The minimum atomic E-state index is -0.442. The summed E-state index contributed by atoms with van der Waals surface area (Å²) >= 11 is 0. The van der Waals surface area contributed by atoms with Gasteiger partial charge in [-0.3, -0.25) is 9.59 Å². The Morgan fingerprint density at radius 3 is 2.60 bits per heavy atom. The third-order valence-electron chi connectivity index (χ3n) is 5.44. The number of hydrogen-bond donors (Lipinski definition) is 1. The first-order chi connectivity index (χ1) is 14.6. The number of nitrogens with zero attached hydrogens (tertiary/aromatic N) is 2. The number of piperazine rings is 1. The first-order valence-corrected chi connectivity index (χ1v) is 10.2. The third kappa shape index (κ3) is 3.91. The molecule has 0 atom stereocenters. The molecule has 0 spiro atoms. The zero-order valence-corrected chi connectivity index (χ0v) is 16.9. The number of pyridine rings is 1. The summed E-state index contributed by atoms with van der Waals surface area (Å²) in [5, 5.41) is 3.48. The molecule has 5 nitrogen and oxygen atoms in total. The Morgan fingerprint density at radius 1 is 1.17 bits per heavy atom. The first kappa shape index (κ1) is 20.0. The van der Waals surface area contributed by atoms with E-state index in [-0.39, 0.29) is 16.7 Å². The molecule has 1 aromatic heterocycles. The summed E-state index contributed by atoms with van der Waals surface area (Å²) in [6.45, 7) is 5.50. The number of carbonyl (C=O) groups excluding carboxylic acids is 1. The van der Waals surface area contributed by atoms with Crippen LogP contribution in [0.2, 0.25) is 0 Å². The van der Waals surface area contributed by atoms with E-state index in [2.05, 4.69) is 5.32 Å². The van der Waals surface area contributed by atoms with Gasteiger partial charge in [0.1, 0.15) is 5.82 Å². The van der Waals surface area contributed by atoms with Gasteiger partial charge in [-0.2, -0.15) is 0 Å². The number of rotatable bonds is 5. The number of ketones is 1. The maximum atomic E-state index is 14.9. The van der Waals surface area contributed by atoms with E-state index in [1.165, 1.54) is 12.1 Å². The van der Waals surface area contributed by atoms with Gasteiger partial charge < -0.3 is 14.8 Å². The van der Waals surface area contributed by atoms with Crippen molar-refractivity contribution in [2.45, 2.75) is 13.5 Å². The second-order valence-corrected chi connectivity index (χ2v) is 7.32. The third-order valence-corrected chi connectivity index (χ3v) is 5.44. The van der Waals surface area contributed by atoms with Crippen molar-refractivity contribution in [1.82, 2.24) is 9.88 Å². The second kappa shape index (κ2) is 8.63. The lowest BCUT2D eigenvalue weighted by atomic mass is 10.1. The van der Waals surface area contributed by atoms with Gasteiger partial charge >= 0.3 is 0 Å². The quantitative estimate of drug-likeness (QED) is 0.522. The fourth-order valence-electron chi connectivity index (χ4n) is 3.81. The van der Waals surface area contributed by atoms with Crippen molar-refractivity contribution in [3.63, 3.8) is 0 Å². The van der Waals surface area contributed by atoms with Gasteiger partial charge in [-0.15, -0.1) is 0 Å². The van der Waals surface area contributed by atoms with Gasteiger partial charge in [-0.05, 0) is 30.7 Å². The van der Waals surface area contributed by atoms with Crippen LogP contribution in [-0.2, 0) is 6.54 Å². The van der Waals surface area contributed by atoms with E-state index in [0.717, 1.165) is 18.7 Å². The molecule has 2 aromatic carbocycles. The van der Waals surface area contributed by atoms with Gasteiger partial charge in [-0.25, -0.2) is 4.39 Å². The number of fused-ring (bicyclic) bond motifs is 1. The zero-order chi connectivity index (χ0) is 21.1. The fraction of sp³-hybridized carbons (Fsp3) is 0.250. The lowest BCUT2D eigenvalue weighted by molar-refractivity contribution is 0.104. The lowest BCUT2D eigenvalue weighted by Crippen LogP contribution is -2.43. The van der Waals surface area contributed by atoms with Crippen LogP contribution >= 0.6 is 0 Å². The summed E-state index contributed by atoms with van der Waals surface area (Å²) in [6.07, 6.45) is 4.65. The summed E-state index contributed by atoms with van der Waals surface area (Å²) in [7, 11) is 0. The van der Waals surface area contributed by atoms with Gasteiger partial charge in [0.2, 0.25) is 5.43 Å². The van der Waals surface area contributed by atoms with Crippen LogP contribution in [0, 0.1) is 5.82 Å². The maximum absolute atomic E-state index is 14.9. The van der Waals surface area contributed by atoms with E-state index in [4.69, 9.17) is 0 Å². The topological polar surface area (TPSA) is 54.3 Å². The van der Waals surface area contributed by atoms with Crippen LogP contribution in [0.3, 0.4) is 0 Å². The number of halogens is 1. The number of nitrogens with one attached hydrogen (secondary N) is 1. The molecule has 0 unspecified atom stereocenters. The Hall–Kier alpha value is -3.25. The monoisotopic (exact) mass is 405 g/mol. The average molecular weight is 405 g/mol. The number of hydrogen-bond acceptors (Lipinski definition) is 4. The van der Waals surface area contributed by atoms with Crippen LogP contribution in [0.5, 0.6) is 0 Å². The Balaban J connectivity index is 1.77. The summed E-state index contributed by atoms with van der Waals surface area (Å²) in [5.74, 6) is -0.826. The molecule has 1 aliphatic heterocycles. The van der Waals surface area contributed by atoms with E-state index in [9.17, 15) is 14.0 Å². The van der Waals surface area contributed by atoms with E-state index in [1.54, 1.807) is 18.3 Å². The second-order valence-electron chi connectivity index (χ2n) is 7.32. The molecule has 30 heavy (non-hydrogen) atoms. The standard InChI is InChI=1S/C24H24FN3O2/c1-2-27-16-19(23(29)9-8-17-6-4-3-5-7-17)24(30)18-14-20(25)22(15-21(18)27)28-12-10-26-11-13-28/h3-9,14-16,26H,2,10-13H2,1H3/b9-8+. The molecule has 0 amide bonds. The maximum Gasteiger partial charge on any atom is 0.200 e. The molecule has 1 fully saturated rings. The molecule has 4 rings (SSSR count). The van der Waals surface area contributed by atoms with Crippen LogP contribution in [0.4, 0.5) is 10.1 Å². The number of carbonyl (C=O) groups is 1. The zero-order valence-electron chi connectivity index (χ0n) is 16.9. The van der Waals surface area contributed by atoms with Crippen molar-refractivity contribution >= 4 is 28.4 Å². The SMILES string of the molecule is CCn1cc(C(=O)/C=C/c2ccccc2)c(=O)c2cc(F)c(N3CCNCC3)cc21. The predicted molar refractivity (Wildman–Crippen MR) is 119 cm³/mol. The highest BCUT2D eigenvalue weighted by molar-refractivity contribution is 6.08. The highest BCUT2D eigenvalue weighted by Gasteiger charge is 2.19. The summed E-state index contributed by atoms with van der Waals surface area (Å²) in [4.78, 5) is 27.8. The number of aryl methyl sites for hydroxylation is 1. The highest BCUT2D eigenvalue weighted by Crippen LogP contribution is 2.25. The molecule has 2 heterocycles. The summed E-state index contributed by atoms with van der Waals surface area (Å²) < 4.78 is 16.8. The molecule has 1 N–H and O–H groups in total. The Labute approximate surface area is 174 Å². The number of allylic oxidation sites excluding steroid dienone is 1. The smallest absolute Gasteiger partial charge is 0.200 e. The highest BCUT2D eigenvalue weighted by atomic mass is 19.1. The molecule has 0 aliphatic carbocycles. The number of aromatic nitrogens is 1. The Bertz CT molecular complexity index is 1160. The molecular formula is C24H24FN3O2. The molecule has 1 saturated heterocycles. The van der Waals surface area contributed by atoms with Crippen molar-refractivity contribution in [3.8, 4) is 0 Å². The summed E-state index contributed by atoms with van der Waals surface area (Å²) in [5.41, 5.74) is 1.61. The number of anilines is 1. The van der Waals surface area contributed by atoms with E-state index in [1.807, 2.05) is 46.7 Å². The molecular weight excluding hydrogens is 381 g/mol. The molecule has 6 heteroatoms. The molecule has 154 valence electrons. The molecule has 1 aliphatic rings. The Kier molecular flexibility index (Phi) is 5.77. The van der Waals surface area contributed by atoms with E-state index >= 15 is 0 Å².